The minimum atomic E-state index is -0.520. The van der Waals surface area contributed by atoms with E-state index in [4.69, 9.17) is 14.2 Å². The number of aliphatic hydroxyl groups is 1. The molecule has 1 saturated carbocycles. The van der Waals surface area contributed by atoms with Gasteiger partial charge in [-0.05, 0) is 37.0 Å². The Morgan fingerprint density at radius 2 is 2.04 bits per heavy atom. The van der Waals surface area contributed by atoms with Crippen molar-refractivity contribution in [2.24, 2.45) is 5.92 Å². The van der Waals surface area contributed by atoms with Gasteiger partial charge in [-0.3, -0.25) is 4.79 Å². The number of esters is 1. The van der Waals surface area contributed by atoms with Gasteiger partial charge >= 0.3 is 5.97 Å². The van der Waals surface area contributed by atoms with Crippen LogP contribution in [0.1, 0.15) is 40.0 Å². The average molecular weight is 363 g/mol. The fraction of sp³-hybridized carbons (Fsp3) is 0.579. The SMILES string of the molecule is COC(=O)c1cc(OCC2CCC2)cc(C(=O)N2CCOC[C@H]2CO)c1. The highest BCUT2D eigenvalue weighted by molar-refractivity contribution is 5.98. The summed E-state index contributed by atoms with van der Waals surface area (Å²) in [4.78, 5) is 26.5. The summed E-state index contributed by atoms with van der Waals surface area (Å²) in [6.07, 6.45) is 3.52. The van der Waals surface area contributed by atoms with Crippen molar-refractivity contribution in [3.8, 4) is 5.75 Å². The van der Waals surface area contributed by atoms with Crippen molar-refractivity contribution >= 4 is 11.9 Å². The summed E-state index contributed by atoms with van der Waals surface area (Å²) >= 11 is 0. The summed E-state index contributed by atoms with van der Waals surface area (Å²) in [5, 5.41) is 9.50. The average Bonchev–Trinajstić information content (AvgIpc) is 2.65. The summed E-state index contributed by atoms with van der Waals surface area (Å²) in [5.41, 5.74) is 0.618. The third kappa shape index (κ3) is 4.16. The van der Waals surface area contributed by atoms with Crippen LogP contribution < -0.4 is 4.74 Å². The van der Waals surface area contributed by atoms with Gasteiger partial charge in [-0.25, -0.2) is 4.79 Å². The number of carbonyl (C=O) groups is 2. The number of nitrogens with zero attached hydrogens (tertiary/aromatic N) is 1. The number of aliphatic hydroxyl groups excluding tert-OH is 1. The Morgan fingerprint density at radius 1 is 1.27 bits per heavy atom. The van der Waals surface area contributed by atoms with E-state index in [0.29, 0.717) is 43.6 Å². The van der Waals surface area contributed by atoms with E-state index in [2.05, 4.69) is 0 Å². The first kappa shape index (κ1) is 18.7. The van der Waals surface area contributed by atoms with Crippen LogP contribution in [-0.4, -0.2) is 68.0 Å². The fourth-order valence-electron chi connectivity index (χ4n) is 3.15. The summed E-state index contributed by atoms with van der Waals surface area (Å²) in [6.45, 7) is 1.52. The minimum Gasteiger partial charge on any atom is -0.493 e. The second-order valence-corrected chi connectivity index (χ2v) is 6.76. The van der Waals surface area contributed by atoms with E-state index in [0.717, 1.165) is 12.8 Å². The molecule has 7 nitrogen and oxygen atoms in total. The molecule has 1 aromatic rings. The van der Waals surface area contributed by atoms with Crippen LogP contribution in [0.3, 0.4) is 0 Å². The maximum absolute atomic E-state index is 12.9. The highest BCUT2D eigenvalue weighted by Crippen LogP contribution is 2.28. The lowest BCUT2D eigenvalue weighted by Crippen LogP contribution is -2.50. The van der Waals surface area contributed by atoms with Gasteiger partial charge in [-0.2, -0.15) is 0 Å². The molecular weight excluding hydrogens is 338 g/mol. The van der Waals surface area contributed by atoms with Crippen LogP contribution in [0.2, 0.25) is 0 Å². The molecule has 0 radical (unpaired) electrons. The van der Waals surface area contributed by atoms with Crippen molar-refractivity contribution in [3.05, 3.63) is 29.3 Å². The molecule has 1 aromatic carbocycles. The van der Waals surface area contributed by atoms with Gasteiger partial charge in [0.25, 0.3) is 5.91 Å². The molecular formula is C19H25NO6. The molecule has 1 aliphatic carbocycles. The van der Waals surface area contributed by atoms with Crippen LogP contribution in [0.4, 0.5) is 0 Å². The molecule has 0 unspecified atom stereocenters. The van der Waals surface area contributed by atoms with Crippen LogP contribution in [0.25, 0.3) is 0 Å². The number of methoxy groups -OCH3 is 1. The minimum absolute atomic E-state index is 0.173. The highest BCUT2D eigenvalue weighted by Gasteiger charge is 2.28. The zero-order chi connectivity index (χ0) is 18.5. The molecule has 1 aliphatic heterocycles. The van der Waals surface area contributed by atoms with Crippen molar-refractivity contribution < 1.29 is 28.9 Å². The lowest BCUT2D eigenvalue weighted by molar-refractivity contribution is -0.0184. The van der Waals surface area contributed by atoms with Crippen molar-refractivity contribution in [3.63, 3.8) is 0 Å². The van der Waals surface area contributed by atoms with E-state index in [1.807, 2.05) is 0 Å². The van der Waals surface area contributed by atoms with E-state index < -0.39 is 12.0 Å². The normalized spacial score (nSPS) is 20.4. The van der Waals surface area contributed by atoms with Gasteiger partial charge in [0.1, 0.15) is 5.75 Å². The molecule has 0 spiro atoms. The van der Waals surface area contributed by atoms with Crippen molar-refractivity contribution in [2.75, 3.05) is 40.1 Å². The van der Waals surface area contributed by atoms with Crippen molar-refractivity contribution in [1.82, 2.24) is 4.90 Å². The summed E-state index contributed by atoms with van der Waals surface area (Å²) < 4.78 is 15.9. The van der Waals surface area contributed by atoms with E-state index in [9.17, 15) is 14.7 Å². The predicted octanol–water partition coefficient (Wildman–Crippen LogP) is 1.49. The van der Waals surface area contributed by atoms with E-state index in [1.54, 1.807) is 17.0 Å². The van der Waals surface area contributed by atoms with Gasteiger partial charge < -0.3 is 24.2 Å². The van der Waals surface area contributed by atoms with Gasteiger partial charge in [0.15, 0.2) is 0 Å². The molecule has 1 atom stereocenters. The molecule has 7 heteroatoms. The number of morpholine rings is 1. The molecule has 0 bridgehead atoms. The molecule has 0 aromatic heterocycles. The standard InChI is InChI=1S/C19H25NO6/c1-24-19(23)15-7-14(8-17(9-15)26-11-13-3-2-4-13)18(22)20-5-6-25-12-16(20)10-21/h7-9,13,16,21H,2-6,10-12H2,1H3/t16-/m1/s1. The monoisotopic (exact) mass is 363 g/mol. The maximum Gasteiger partial charge on any atom is 0.338 e. The lowest BCUT2D eigenvalue weighted by Gasteiger charge is -2.34. The number of carbonyl (C=O) groups excluding carboxylic acids is 2. The first-order valence-electron chi connectivity index (χ1n) is 8.98. The van der Waals surface area contributed by atoms with Gasteiger partial charge in [0.2, 0.25) is 0 Å². The van der Waals surface area contributed by atoms with E-state index in [-0.39, 0.29) is 18.1 Å². The number of hydrogen-bond acceptors (Lipinski definition) is 6. The Hall–Kier alpha value is -2.12. The van der Waals surface area contributed by atoms with Crippen LogP contribution in [-0.2, 0) is 9.47 Å². The number of rotatable bonds is 6. The van der Waals surface area contributed by atoms with Gasteiger partial charge in [-0.15, -0.1) is 0 Å². The largest absolute Gasteiger partial charge is 0.493 e. The third-order valence-corrected chi connectivity index (χ3v) is 4.98. The van der Waals surface area contributed by atoms with Gasteiger partial charge in [-0.1, -0.05) is 6.42 Å². The van der Waals surface area contributed by atoms with E-state index in [1.165, 1.54) is 19.6 Å². The number of hydrogen-bond donors (Lipinski definition) is 1. The number of benzene rings is 1. The second kappa shape index (κ2) is 8.51. The molecule has 2 fully saturated rings. The smallest absolute Gasteiger partial charge is 0.338 e. The molecule has 1 saturated heterocycles. The topological polar surface area (TPSA) is 85.3 Å². The summed E-state index contributed by atoms with van der Waals surface area (Å²) in [5.74, 6) is 0.242. The fourth-order valence-corrected chi connectivity index (χ4v) is 3.15. The maximum atomic E-state index is 12.9. The zero-order valence-electron chi connectivity index (χ0n) is 15.0. The highest BCUT2D eigenvalue weighted by atomic mass is 16.5. The van der Waals surface area contributed by atoms with Crippen LogP contribution in [0.5, 0.6) is 5.75 Å². The van der Waals surface area contributed by atoms with Crippen molar-refractivity contribution in [2.45, 2.75) is 25.3 Å². The Balaban J connectivity index is 1.83. The Morgan fingerprint density at radius 3 is 2.69 bits per heavy atom. The predicted molar refractivity (Wildman–Crippen MR) is 93.3 cm³/mol. The second-order valence-electron chi connectivity index (χ2n) is 6.76. The van der Waals surface area contributed by atoms with Crippen LogP contribution in [0, 0.1) is 5.92 Å². The zero-order valence-corrected chi connectivity index (χ0v) is 15.0. The van der Waals surface area contributed by atoms with Crippen LogP contribution >= 0.6 is 0 Å². The van der Waals surface area contributed by atoms with Crippen molar-refractivity contribution in [1.29, 1.82) is 0 Å². The molecule has 26 heavy (non-hydrogen) atoms. The first-order chi connectivity index (χ1) is 12.6. The third-order valence-electron chi connectivity index (χ3n) is 4.98. The lowest BCUT2D eigenvalue weighted by atomic mass is 9.86. The Bertz CT molecular complexity index is 657. The quantitative estimate of drug-likeness (QED) is 0.771. The van der Waals surface area contributed by atoms with Gasteiger partial charge in [0.05, 0.1) is 45.1 Å². The summed E-state index contributed by atoms with van der Waals surface area (Å²) in [7, 11) is 1.30. The first-order valence-corrected chi connectivity index (χ1v) is 8.98. The van der Waals surface area contributed by atoms with E-state index >= 15 is 0 Å². The summed E-state index contributed by atoms with van der Waals surface area (Å²) in [6, 6.07) is 4.37. The Labute approximate surface area is 152 Å². The molecule has 1 N–H and O–H groups in total. The molecule has 142 valence electrons. The van der Waals surface area contributed by atoms with Crippen LogP contribution in [0.15, 0.2) is 18.2 Å². The number of ether oxygens (including phenoxy) is 3. The molecule has 3 rings (SSSR count). The molecule has 1 amide bonds. The Kier molecular flexibility index (Phi) is 6.11. The van der Waals surface area contributed by atoms with Gasteiger partial charge in [0, 0.05) is 12.1 Å². The number of amides is 1. The molecule has 1 heterocycles. The molecule has 2 aliphatic rings.